The van der Waals surface area contributed by atoms with E-state index in [1.54, 1.807) is 21.3 Å². The van der Waals surface area contributed by atoms with E-state index in [2.05, 4.69) is 12.1 Å². The van der Waals surface area contributed by atoms with Crippen LogP contribution in [0.1, 0.15) is 20.8 Å². The van der Waals surface area contributed by atoms with Gasteiger partial charge in [0.2, 0.25) is 5.75 Å². The normalized spacial score (nSPS) is 12.7. The maximum atomic E-state index is 13.9. The first-order valence-electron chi connectivity index (χ1n) is 13.0. The van der Waals surface area contributed by atoms with E-state index in [9.17, 15) is 4.79 Å². The highest BCUT2D eigenvalue weighted by Crippen LogP contribution is 2.46. The number of nitrogens with two attached hydrogens (primary N) is 1. The molecule has 202 valence electrons. The monoisotopic (exact) mass is 551 g/mol. The summed E-state index contributed by atoms with van der Waals surface area (Å²) in [5.74, 6) is 1.48. The first-order chi connectivity index (χ1) is 19.5. The second-order valence-electron chi connectivity index (χ2n) is 9.61. The van der Waals surface area contributed by atoms with Gasteiger partial charge in [0, 0.05) is 24.0 Å². The molecule has 5 aromatic rings. The molecule has 0 saturated carbocycles. The Morgan fingerprint density at radius 1 is 0.875 bits per heavy atom. The van der Waals surface area contributed by atoms with Crippen LogP contribution in [0.3, 0.4) is 0 Å². The van der Waals surface area contributed by atoms with Crippen molar-refractivity contribution < 1.29 is 19.0 Å². The van der Waals surface area contributed by atoms with Crippen LogP contribution in [-0.2, 0) is 13.0 Å². The van der Waals surface area contributed by atoms with Crippen molar-refractivity contribution in [1.82, 2.24) is 9.88 Å². The molecule has 2 N–H and O–H groups in total. The molecule has 0 atom stereocenters. The molecule has 1 aliphatic rings. The second-order valence-corrected chi connectivity index (χ2v) is 10.6. The minimum Gasteiger partial charge on any atom is -0.493 e. The fourth-order valence-electron chi connectivity index (χ4n) is 5.31. The number of pyridine rings is 1. The maximum absolute atomic E-state index is 13.9. The second kappa shape index (κ2) is 10.5. The highest BCUT2D eigenvalue weighted by Gasteiger charge is 2.28. The van der Waals surface area contributed by atoms with E-state index in [0.29, 0.717) is 45.7 Å². The van der Waals surface area contributed by atoms with Gasteiger partial charge in [-0.2, -0.15) is 0 Å². The number of rotatable bonds is 6. The molecule has 2 aromatic heterocycles. The molecule has 0 radical (unpaired) electrons. The minimum absolute atomic E-state index is 0.0768. The average Bonchev–Trinajstić information content (AvgIpc) is 3.35. The van der Waals surface area contributed by atoms with Crippen LogP contribution < -0.4 is 19.9 Å². The zero-order chi connectivity index (χ0) is 27.8. The molecule has 1 aliphatic heterocycles. The van der Waals surface area contributed by atoms with E-state index in [-0.39, 0.29) is 5.91 Å². The topological polar surface area (TPSA) is 86.9 Å². The zero-order valence-electron chi connectivity index (χ0n) is 22.6. The molecule has 7 nitrogen and oxygen atoms in total. The molecule has 0 unspecified atom stereocenters. The molecule has 0 fully saturated rings. The lowest BCUT2D eigenvalue weighted by molar-refractivity contribution is 0.0740. The standard InChI is InChI=1S/C32H29N3O4S/c1-37-25-15-22(16-26(38-2)29(25)39-3)23-17-24(20-10-5-4-6-11-20)34-31-27(23)28(33)30(40-31)32(36)35-14-13-19-9-7-8-12-21(19)18-35/h4-12,15-17H,13-14,18,33H2,1-3H3. The van der Waals surface area contributed by atoms with Crippen molar-refractivity contribution in [1.29, 1.82) is 0 Å². The van der Waals surface area contributed by atoms with Gasteiger partial charge >= 0.3 is 0 Å². The molecule has 3 heterocycles. The van der Waals surface area contributed by atoms with Gasteiger partial charge in [0.05, 0.1) is 32.7 Å². The summed E-state index contributed by atoms with van der Waals surface area (Å²) in [6.45, 7) is 1.21. The number of fused-ring (bicyclic) bond motifs is 2. The predicted octanol–water partition coefficient (Wildman–Crippen LogP) is 6.44. The number of carbonyl (C=O) groups is 1. The number of carbonyl (C=O) groups excluding carboxylic acids is 1. The molecule has 40 heavy (non-hydrogen) atoms. The fourth-order valence-corrected chi connectivity index (χ4v) is 6.40. The van der Waals surface area contributed by atoms with E-state index in [0.717, 1.165) is 34.2 Å². The summed E-state index contributed by atoms with van der Waals surface area (Å²) in [5.41, 5.74) is 13.1. The van der Waals surface area contributed by atoms with Crippen LogP contribution in [0.25, 0.3) is 32.6 Å². The Balaban J connectivity index is 1.53. The number of hydrogen-bond acceptors (Lipinski definition) is 7. The van der Waals surface area contributed by atoms with E-state index in [1.165, 1.54) is 22.5 Å². The summed E-state index contributed by atoms with van der Waals surface area (Å²) in [6, 6.07) is 24.0. The number of nitrogen functional groups attached to an aromatic ring is 1. The number of amides is 1. The van der Waals surface area contributed by atoms with Crippen LogP contribution in [0.15, 0.2) is 72.8 Å². The molecular formula is C32H29N3O4S. The fraction of sp³-hybridized carbons (Fsp3) is 0.188. The van der Waals surface area contributed by atoms with Gasteiger partial charge in [0.25, 0.3) is 5.91 Å². The Hall–Kier alpha value is -4.56. The van der Waals surface area contributed by atoms with Crippen molar-refractivity contribution in [3.8, 4) is 39.6 Å². The third kappa shape index (κ3) is 4.40. The summed E-state index contributed by atoms with van der Waals surface area (Å²) < 4.78 is 16.8. The molecule has 3 aromatic carbocycles. The Kier molecular flexibility index (Phi) is 6.77. The lowest BCUT2D eigenvalue weighted by atomic mass is 9.98. The van der Waals surface area contributed by atoms with Crippen molar-refractivity contribution in [2.45, 2.75) is 13.0 Å². The van der Waals surface area contributed by atoms with Crippen molar-refractivity contribution >= 4 is 33.1 Å². The number of aromatic nitrogens is 1. The molecule has 1 amide bonds. The van der Waals surface area contributed by atoms with Crippen molar-refractivity contribution in [2.75, 3.05) is 33.6 Å². The van der Waals surface area contributed by atoms with Crippen LogP contribution in [0.5, 0.6) is 17.2 Å². The SMILES string of the molecule is COc1cc(-c2cc(-c3ccccc3)nc3sc(C(=O)N4CCc5ccccc5C4)c(N)c23)cc(OC)c1OC. The zero-order valence-corrected chi connectivity index (χ0v) is 23.4. The maximum Gasteiger partial charge on any atom is 0.266 e. The van der Waals surface area contributed by atoms with Crippen LogP contribution in [0, 0.1) is 0 Å². The number of thiophene rings is 1. The summed E-state index contributed by atoms with van der Waals surface area (Å²) in [6.07, 6.45) is 0.819. The van der Waals surface area contributed by atoms with Gasteiger partial charge in [-0.3, -0.25) is 4.79 Å². The third-order valence-corrected chi connectivity index (χ3v) is 8.44. The smallest absolute Gasteiger partial charge is 0.266 e. The summed E-state index contributed by atoms with van der Waals surface area (Å²) in [4.78, 5) is 21.9. The van der Waals surface area contributed by atoms with Gasteiger partial charge in [-0.25, -0.2) is 4.98 Å². The number of hydrogen-bond donors (Lipinski definition) is 1. The summed E-state index contributed by atoms with van der Waals surface area (Å²) in [7, 11) is 4.75. The Morgan fingerprint density at radius 3 is 2.23 bits per heavy atom. The number of nitrogens with zero attached hydrogens (tertiary/aromatic N) is 2. The molecule has 0 saturated heterocycles. The van der Waals surface area contributed by atoms with Gasteiger partial charge in [0.1, 0.15) is 9.71 Å². The number of ether oxygens (including phenoxy) is 3. The molecule has 8 heteroatoms. The lowest BCUT2D eigenvalue weighted by Crippen LogP contribution is -2.35. The van der Waals surface area contributed by atoms with Gasteiger partial charge in [0.15, 0.2) is 11.5 Å². The predicted molar refractivity (Wildman–Crippen MR) is 159 cm³/mol. The summed E-state index contributed by atoms with van der Waals surface area (Å²) >= 11 is 1.34. The highest BCUT2D eigenvalue weighted by molar-refractivity contribution is 7.21. The van der Waals surface area contributed by atoms with Crippen LogP contribution in [0.4, 0.5) is 5.69 Å². The number of benzene rings is 3. The van der Waals surface area contributed by atoms with Gasteiger partial charge in [-0.05, 0) is 46.9 Å². The highest BCUT2D eigenvalue weighted by atomic mass is 32.1. The third-order valence-electron chi connectivity index (χ3n) is 7.36. The first kappa shape index (κ1) is 25.7. The van der Waals surface area contributed by atoms with Crippen molar-refractivity contribution in [3.63, 3.8) is 0 Å². The van der Waals surface area contributed by atoms with E-state index in [4.69, 9.17) is 24.9 Å². The Bertz CT molecular complexity index is 1710. The number of anilines is 1. The quantitative estimate of drug-likeness (QED) is 0.261. The Morgan fingerprint density at radius 2 is 1.55 bits per heavy atom. The van der Waals surface area contributed by atoms with Crippen molar-refractivity contribution in [3.05, 3.63) is 88.8 Å². The molecule has 0 aliphatic carbocycles. The van der Waals surface area contributed by atoms with Crippen LogP contribution >= 0.6 is 11.3 Å². The largest absolute Gasteiger partial charge is 0.493 e. The molecule has 0 bridgehead atoms. The summed E-state index contributed by atoms with van der Waals surface area (Å²) in [5, 5.41) is 0.736. The molecule has 6 rings (SSSR count). The molecular weight excluding hydrogens is 522 g/mol. The van der Waals surface area contributed by atoms with E-state index < -0.39 is 0 Å². The average molecular weight is 552 g/mol. The Labute approximate surface area is 236 Å². The van der Waals surface area contributed by atoms with E-state index >= 15 is 0 Å². The van der Waals surface area contributed by atoms with Gasteiger partial charge in [-0.15, -0.1) is 11.3 Å². The van der Waals surface area contributed by atoms with Gasteiger partial charge in [-0.1, -0.05) is 54.6 Å². The molecule has 0 spiro atoms. The van der Waals surface area contributed by atoms with Crippen LogP contribution in [-0.4, -0.2) is 43.7 Å². The van der Waals surface area contributed by atoms with Gasteiger partial charge < -0.3 is 24.8 Å². The lowest BCUT2D eigenvalue weighted by Gasteiger charge is -2.28. The minimum atomic E-state index is -0.0768. The van der Waals surface area contributed by atoms with Crippen LogP contribution in [0.2, 0.25) is 0 Å². The van der Waals surface area contributed by atoms with Crippen molar-refractivity contribution in [2.24, 2.45) is 0 Å². The van der Waals surface area contributed by atoms with E-state index in [1.807, 2.05) is 65.6 Å². The number of methoxy groups -OCH3 is 3. The first-order valence-corrected chi connectivity index (χ1v) is 13.8.